The lowest BCUT2D eigenvalue weighted by molar-refractivity contribution is -0.121. The van der Waals surface area contributed by atoms with Crippen LogP contribution in [0.3, 0.4) is 0 Å². The Morgan fingerprint density at radius 2 is 1.77 bits per heavy atom. The fourth-order valence-corrected chi connectivity index (χ4v) is 5.25. The summed E-state index contributed by atoms with van der Waals surface area (Å²) in [5.41, 5.74) is 8.69. The average Bonchev–Trinajstić information content (AvgIpc) is 3.40. The summed E-state index contributed by atoms with van der Waals surface area (Å²) in [6.45, 7) is 0.227. The predicted octanol–water partition coefficient (Wildman–Crippen LogP) is 4.65. The Labute approximate surface area is 206 Å². The van der Waals surface area contributed by atoms with E-state index in [1.54, 1.807) is 11.0 Å². The largest absolute Gasteiger partial charge is 0.420 e. The fourth-order valence-electron chi connectivity index (χ4n) is 5.06. The lowest BCUT2D eigenvalue weighted by Gasteiger charge is -2.33. The van der Waals surface area contributed by atoms with E-state index >= 15 is 0 Å². The van der Waals surface area contributed by atoms with Crippen LogP contribution in [0.2, 0.25) is 5.02 Å². The minimum atomic E-state index is -1.53. The van der Waals surface area contributed by atoms with Gasteiger partial charge in [-0.25, -0.2) is 0 Å². The van der Waals surface area contributed by atoms with E-state index in [0.717, 1.165) is 11.1 Å². The van der Waals surface area contributed by atoms with Gasteiger partial charge in [0.2, 0.25) is 17.7 Å². The number of nitriles is 1. The highest BCUT2D eigenvalue weighted by Gasteiger charge is 2.61. The number of para-hydroxylation sites is 1. The molecule has 2 aliphatic heterocycles. The van der Waals surface area contributed by atoms with Crippen molar-refractivity contribution in [2.75, 3.05) is 4.90 Å². The molecule has 1 unspecified atom stereocenters. The highest BCUT2D eigenvalue weighted by molar-refractivity contribution is 6.31. The van der Waals surface area contributed by atoms with E-state index in [-0.39, 0.29) is 29.8 Å². The second-order valence-corrected chi connectivity index (χ2v) is 8.75. The van der Waals surface area contributed by atoms with E-state index in [9.17, 15) is 10.1 Å². The smallest absolute Gasteiger partial charge is 0.248 e. The summed E-state index contributed by atoms with van der Waals surface area (Å²) in [6, 6.07) is 26.5. The van der Waals surface area contributed by atoms with E-state index in [1.165, 1.54) is 0 Å². The molecule has 3 aromatic carbocycles. The first-order valence-electron chi connectivity index (χ1n) is 10.9. The Kier molecular flexibility index (Phi) is 4.66. The molecular weight excluding hydrogens is 462 g/mol. The Morgan fingerprint density at radius 1 is 1.06 bits per heavy atom. The molecule has 8 heteroatoms. The summed E-state index contributed by atoms with van der Waals surface area (Å²) in [4.78, 5) is 16.2. The van der Waals surface area contributed by atoms with Crippen molar-refractivity contribution >= 4 is 23.2 Å². The summed E-state index contributed by atoms with van der Waals surface area (Å²) in [7, 11) is 0. The van der Waals surface area contributed by atoms with Gasteiger partial charge < -0.3 is 15.4 Å². The number of carbonyl (C=O) groups is 1. The zero-order valence-electron chi connectivity index (χ0n) is 18.3. The number of amides is 1. The van der Waals surface area contributed by atoms with Crippen molar-refractivity contribution in [3.05, 3.63) is 112 Å². The van der Waals surface area contributed by atoms with Crippen LogP contribution in [0.1, 0.15) is 16.7 Å². The summed E-state index contributed by atoms with van der Waals surface area (Å²) in [5, 5.41) is 18.2. The number of nitrogens with zero attached hydrogens (tertiary/aromatic N) is 3. The van der Waals surface area contributed by atoms with Gasteiger partial charge in [-0.1, -0.05) is 78.3 Å². The van der Waals surface area contributed by atoms with Crippen molar-refractivity contribution in [3.63, 3.8) is 0 Å². The Balaban J connectivity index is 1.65. The first kappa shape index (κ1) is 21.0. The molecule has 170 valence electrons. The maximum atomic E-state index is 14.6. The third-order valence-electron chi connectivity index (χ3n) is 6.56. The summed E-state index contributed by atoms with van der Waals surface area (Å²) >= 11 is 6.45. The topological polar surface area (TPSA) is 108 Å². The molecule has 2 aliphatic rings. The van der Waals surface area contributed by atoms with E-state index < -0.39 is 5.41 Å². The van der Waals surface area contributed by atoms with E-state index in [2.05, 4.69) is 16.3 Å². The lowest BCUT2D eigenvalue weighted by atomic mass is 9.68. The van der Waals surface area contributed by atoms with Crippen LogP contribution in [-0.2, 0) is 16.8 Å². The lowest BCUT2D eigenvalue weighted by Crippen LogP contribution is -2.45. The molecule has 1 amide bonds. The molecule has 4 aromatic rings. The number of rotatable bonds is 3. The van der Waals surface area contributed by atoms with Crippen molar-refractivity contribution < 1.29 is 9.53 Å². The van der Waals surface area contributed by atoms with Crippen LogP contribution in [0.4, 0.5) is 5.69 Å². The van der Waals surface area contributed by atoms with Gasteiger partial charge in [0.15, 0.2) is 0 Å². The Hall–Kier alpha value is -4.54. The molecular formula is C27H18ClN5O2. The average molecular weight is 480 g/mol. The molecule has 0 saturated heterocycles. The molecule has 0 fully saturated rings. The van der Waals surface area contributed by atoms with Crippen molar-refractivity contribution in [1.29, 1.82) is 5.26 Å². The van der Waals surface area contributed by atoms with Crippen molar-refractivity contribution in [2.45, 2.75) is 12.0 Å². The normalized spacial score (nSPS) is 18.3. The van der Waals surface area contributed by atoms with Gasteiger partial charge in [-0.2, -0.15) is 5.26 Å². The number of carbonyl (C=O) groups excluding carboxylic acids is 1. The van der Waals surface area contributed by atoms with Crippen LogP contribution in [0.5, 0.6) is 5.88 Å². The van der Waals surface area contributed by atoms with Gasteiger partial charge in [0.1, 0.15) is 17.1 Å². The van der Waals surface area contributed by atoms with Gasteiger partial charge >= 0.3 is 0 Å². The van der Waals surface area contributed by atoms with E-state index in [0.29, 0.717) is 27.5 Å². The van der Waals surface area contributed by atoms with Gasteiger partial charge in [0, 0.05) is 21.8 Å². The van der Waals surface area contributed by atoms with Crippen LogP contribution < -0.4 is 15.4 Å². The molecule has 3 heterocycles. The SMILES string of the molecule is N#CC1=C(N)Oc2n[nH]c(-c3ccccc3)c2C12C(=O)N(Cc1ccccc1Cl)c1ccccc12. The molecule has 0 saturated carbocycles. The fraction of sp³-hybridized carbons (Fsp3) is 0.0741. The second-order valence-electron chi connectivity index (χ2n) is 8.35. The second kappa shape index (κ2) is 7.76. The quantitative estimate of drug-likeness (QED) is 0.444. The van der Waals surface area contributed by atoms with Gasteiger partial charge in [-0.15, -0.1) is 5.10 Å². The Bertz CT molecular complexity index is 1570. The highest BCUT2D eigenvalue weighted by Crippen LogP contribution is 2.57. The third kappa shape index (κ3) is 2.84. The molecule has 7 nitrogen and oxygen atoms in total. The number of anilines is 1. The molecule has 1 atom stereocenters. The van der Waals surface area contributed by atoms with Gasteiger partial charge in [-0.3, -0.25) is 9.89 Å². The summed E-state index contributed by atoms with van der Waals surface area (Å²) < 4.78 is 5.76. The first-order valence-corrected chi connectivity index (χ1v) is 11.3. The number of hydrogen-bond donors (Lipinski definition) is 2. The van der Waals surface area contributed by atoms with Gasteiger partial charge in [-0.05, 0) is 17.7 Å². The maximum absolute atomic E-state index is 14.6. The monoisotopic (exact) mass is 479 g/mol. The maximum Gasteiger partial charge on any atom is 0.248 e. The zero-order chi connectivity index (χ0) is 24.2. The van der Waals surface area contributed by atoms with Crippen molar-refractivity contribution in [2.24, 2.45) is 5.73 Å². The van der Waals surface area contributed by atoms with Crippen molar-refractivity contribution in [3.8, 4) is 23.2 Å². The molecule has 0 bridgehead atoms. The molecule has 6 rings (SSSR count). The number of benzene rings is 3. The number of ether oxygens (including phenoxy) is 1. The molecule has 0 radical (unpaired) electrons. The number of halogens is 1. The van der Waals surface area contributed by atoms with Gasteiger partial charge in [0.05, 0.1) is 17.8 Å². The number of H-pyrrole nitrogens is 1. The first-order chi connectivity index (χ1) is 17.1. The van der Waals surface area contributed by atoms with Crippen LogP contribution in [0.25, 0.3) is 11.3 Å². The summed E-state index contributed by atoms with van der Waals surface area (Å²) in [6.07, 6.45) is 0. The molecule has 1 spiro atoms. The standard InChI is InChI=1S/C27H18ClN5O2/c28-20-12-6-4-10-17(20)15-33-21-13-7-5-11-18(21)27(26(33)34)19(14-29)24(30)35-25-22(27)23(31-32-25)16-8-2-1-3-9-16/h1-13H,15,30H2,(H,31,32). The van der Waals surface area contributed by atoms with Gasteiger partial charge in [0.25, 0.3) is 0 Å². The highest BCUT2D eigenvalue weighted by atomic mass is 35.5. The van der Waals surface area contributed by atoms with Crippen LogP contribution >= 0.6 is 11.6 Å². The number of aromatic nitrogens is 2. The molecule has 35 heavy (non-hydrogen) atoms. The van der Waals surface area contributed by atoms with Crippen LogP contribution in [0, 0.1) is 11.3 Å². The van der Waals surface area contributed by atoms with E-state index in [4.69, 9.17) is 22.1 Å². The van der Waals surface area contributed by atoms with Crippen molar-refractivity contribution in [1.82, 2.24) is 10.2 Å². The van der Waals surface area contributed by atoms with Crippen LogP contribution in [0.15, 0.2) is 90.3 Å². The minimum absolute atomic E-state index is 0.0303. The Morgan fingerprint density at radius 3 is 2.54 bits per heavy atom. The number of nitrogens with one attached hydrogen (secondary N) is 1. The van der Waals surface area contributed by atoms with E-state index in [1.807, 2.05) is 72.8 Å². The minimum Gasteiger partial charge on any atom is -0.420 e. The molecule has 0 aliphatic carbocycles. The zero-order valence-corrected chi connectivity index (χ0v) is 19.1. The number of aromatic amines is 1. The third-order valence-corrected chi connectivity index (χ3v) is 6.93. The molecule has 3 N–H and O–H groups in total. The molecule has 1 aromatic heterocycles. The predicted molar refractivity (Wildman–Crippen MR) is 131 cm³/mol. The number of nitrogens with two attached hydrogens (primary N) is 1. The number of fused-ring (bicyclic) bond motifs is 4. The number of hydrogen-bond acceptors (Lipinski definition) is 5. The van der Waals surface area contributed by atoms with Crippen LogP contribution in [-0.4, -0.2) is 16.1 Å². The summed E-state index contributed by atoms with van der Waals surface area (Å²) in [5.74, 6) is -0.293.